The highest BCUT2D eigenvalue weighted by atomic mass is 16.5. The van der Waals surface area contributed by atoms with Crippen LogP contribution in [0, 0.1) is 6.57 Å². The van der Waals surface area contributed by atoms with Crippen molar-refractivity contribution in [1.82, 2.24) is 10.3 Å². The summed E-state index contributed by atoms with van der Waals surface area (Å²) in [5, 5.41) is 7.88. The highest BCUT2D eigenvalue weighted by molar-refractivity contribution is 6.00. The van der Waals surface area contributed by atoms with E-state index in [1.807, 2.05) is 0 Å². The highest BCUT2D eigenvalue weighted by Gasteiger charge is 2.07. The van der Waals surface area contributed by atoms with E-state index in [2.05, 4.69) is 25.8 Å². The topological polar surface area (TPSA) is 96.7 Å². The first-order valence-corrected chi connectivity index (χ1v) is 8.59. The number of nitrogens with zero attached hydrogens (tertiary/aromatic N) is 2. The third-order valence-corrected chi connectivity index (χ3v) is 3.77. The van der Waals surface area contributed by atoms with Gasteiger partial charge in [-0.2, -0.15) is 0 Å². The molecule has 0 atom stereocenters. The van der Waals surface area contributed by atoms with Gasteiger partial charge in [-0.25, -0.2) is 9.64 Å². The molecule has 0 saturated carbocycles. The minimum absolute atomic E-state index is 0.252. The zero-order valence-electron chi connectivity index (χ0n) is 15.5. The average molecular weight is 387 g/mol. The molecule has 0 radical (unpaired) electrons. The van der Waals surface area contributed by atoms with E-state index in [1.54, 1.807) is 54.6 Å². The van der Waals surface area contributed by atoms with Gasteiger partial charge in [0, 0.05) is 30.7 Å². The monoisotopic (exact) mass is 387 g/mol. The first-order valence-electron chi connectivity index (χ1n) is 8.59. The zero-order valence-corrected chi connectivity index (χ0v) is 15.5. The summed E-state index contributed by atoms with van der Waals surface area (Å²) in [6.45, 7) is 7.01. The van der Waals surface area contributed by atoms with Crippen molar-refractivity contribution in [3.63, 3.8) is 0 Å². The number of pyridine rings is 1. The fraction of sp³-hybridized carbons (Fsp3) is 0.0476. The van der Waals surface area contributed by atoms with Gasteiger partial charge in [-0.3, -0.25) is 9.78 Å². The lowest BCUT2D eigenvalue weighted by Gasteiger charge is -2.10. The van der Waals surface area contributed by atoms with Crippen LogP contribution in [0.25, 0.3) is 4.85 Å². The molecule has 144 valence electrons. The van der Waals surface area contributed by atoms with E-state index in [0.29, 0.717) is 28.6 Å². The van der Waals surface area contributed by atoms with Crippen LogP contribution < -0.4 is 20.7 Å². The molecule has 0 aliphatic carbocycles. The van der Waals surface area contributed by atoms with Crippen LogP contribution in [-0.2, 0) is 0 Å². The Labute approximate surface area is 167 Å². The van der Waals surface area contributed by atoms with Crippen molar-refractivity contribution < 1.29 is 14.3 Å². The number of hydrogen-bond donors (Lipinski definition) is 3. The molecule has 8 heteroatoms. The number of amides is 3. The number of benzene rings is 2. The molecule has 1 heterocycles. The van der Waals surface area contributed by atoms with Crippen LogP contribution in [0.3, 0.4) is 0 Å². The lowest BCUT2D eigenvalue weighted by molar-refractivity contribution is 0.0958. The van der Waals surface area contributed by atoms with Gasteiger partial charge < -0.3 is 20.7 Å². The summed E-state index contributed by atoms with van der Waals surface area (Å²) in [5.41, 5.74) is 1.79. The Bertz CT molecular complexity index is 1070. The summed E-state index contributed by atoms with van der Waals surface area (Å²) in [5.74, 6) is 0.703. The smallest absolute Gasteiger partial charge is 0.323 e. The summed E-state index contributed by atoms with van der Waals surface area (Å²) < 4.78 is 5.72. The Hall–Kier alpha value is -4.38. The van der Waals surface area contributed by atoms with Crippen molar-refractivity contribution in [2.75, 3.05) is 17.7 Å². The molecule has 0 saturated heterocycles. The summed E-state index contributed by atoms with van der Waals surface area (Å²) in [7, 11) is 1.53. The molecule has 8 nitrogen and oxygen atoms in total. The van der Waals surface area contributed by atoms with E-state index in [-0.39, 0.29) is 11.6 Å². The Morgan fingerprint density at radius 1 is 0.966 bits per heavy atom. The number of ether oxygens (including phenoxy) is 1. The van der Waals surface area contributed by atoms with Gasteiger partial charge in [-0.1, -0.05) is 12.1 Å². The predicted octanol–water partition coefficient (Wildman–Crippen LogP) is 4.43. The largest absolute Gasteiger partial charge is 0.457 e. The van der Waals surface area contributed by atoms with Crippen molar-refractivity contribution >= 4 is 29.0 Å². The van der Waals surface area contributed by atoms with Crippen LogP contribution in [0.1, 0.15) is 10.5 Å². The summed E-state index contributed by atoms with van der Waals surface area (Å²) >= 11 is 0. The van der Waals surface area contributed by atoms with E-state index in [1.165, 1.54) is 19.3 Å². The third kappa shape index (κ3) is 5.30. The maximum absolute atomic E-state index is 12.1. The molecule has 0 fully saturated rings. The van der Waals surface area contributed by atoms with Crippen molar-refractivity contribution in [3.05, 3.63) is 84.0 Å². The van der Waals surface area contributed by atoms with Crippen LogP contribution in [-0.4, -0.2) is 24.0 Å². The van der Waals surface area contributed by atoms with Crippen molar-refractivity contribution in [2.45, 2.75) is 0 Å². The minimum Gasteiger partial charge on any atom is -0.457 e. The van der Waals surface area contributed by atoms with Crippen molar-refractivity contribution in [1.29, 1.82) is 0 Å². The van der Waals surface area contributed by atoms with Crippen molar-refractivity contribution in [3.8, 4) is 11.5 Å². The van der Waals surface area contributed by atoms with Gasteiger partial charge >= 0.3 is 6.03 Å². The average Bonchev–Trinajstić information content (AvgIpc) is 2.75. The molecule has 1 aromatic heterocycles. The molecule has 3 aromatic rings. The highest BCUT2D eigenvalue weighted by Crippen LogP contribution is 2.23. The maximum Gasteiger partial charge on any atom is 0.323 e. The number of nitrogens with one attached hydrogen (secondary N) is 3. The normalized spacial score (nSPS) is 9.79. The maximum atomic E-state index is 12.1. The second-order valence-corrected chi connectivity index (χ2v) is 5.82. The first kappa shape index (κ1) is 19.4. The standard InChI is InChI=1S/C21H17N5O3/c1-22-15-4-3-5-16(12-15)26-21(28)25-14-6-8-17(9-7-14)29-18-10-11-24-19(13-18)20(27)23-2/h3-13H,2H3,(H,23,27)(H2,25,26,28). The molecular weight excluding hydrogens is 370 g/mol. The molecule has 29 heavy (non-hydrogen) atoms. The van der Waals surface area contributed by atoms with E-state index in [4.69, 9.17) is 11.3 Å². The lowest BCUT2D eigenvalue weighted by Crippen LogP contribution is -2.19. The molecule has 0 bridgehead atoms. The Balaban J connectivity index is 1.61. The van der Waals surface area contributed by atoms with Gasteiger partial charge in [0.2, 0.25) is 0 Å². The second-order valence-electron chi connectivity index (χ2n) is 5.82. The number of aromatic nitrogens is 1. The molecule has 0 spiro atoms. The van der Waals surface area contributed by atoms with E-state index in [0.717, 1.165) is 0 Å². The molecular formula is C21H17N5O3. The SMILES string of the molecule is [C-]#[N+]c1cccc(NC(=O)Nc2ccc(Oc3ccnc(C(=O)NC)c3)cc2)c1. The molecule has 0 aliphatic heterocycles. The Kier molecular flexibility index (Phi) is 6.02. The molecule has 0 aliphatic rings. The number of carbonyl (C=O) groups is 2. The third-order valence-electron chi connectivity index (χ3n) is 3.77. The minimum atomic E-state index is -0.426. The quantitative estimate of drug-likeness (QED) is 0.564. The molecule has 3 rings (SSSR count). The Morgan fingerprint density at radius 2 is 1.72 bits per heavy atom. The van der Waals surface area contributed by atoms with Gasteiger partial charge in [0.15, 0.2) is 5.69 Å². The fourth-order valence-electron chi connectivity index (χ4n) is 2.42. The number of rotatable bonds is 5. The molecule has 2 aromatic carbocycles. The van der Waals surface area contributed by atoms with Gasteiger partial charge in [-0.15, -0.1) is 0 Å². The van der Waals surface area contributed by atoms with Crippen LogP contribution in [0.4, 0.5) is 21.9 Å². The summed E-state index contributed by atoms with van der Waals surface area (Å²) in [6, 6.07) is 16.2. The number of urea groups is 1. The first-order chi connectivity index (χ1) is 14.1. The lowest BCUT2D eigenvalue weighted by atomic mass is 10.3. The Morgan fingerprint density at radius 3 is 2.45 bits per heavy atom. The van der Waals surface area contributed by atoms with E-state index in [9.17, 15) is 9.59 Å². The summed E-state index contributed by atoms with van der Waals surface area (Å²) in [4.78, 5) is 31.1. The van der Waals surface area contributed by atoms with Gasteiger partial charge in [-0.05, 0) is 42.5 Å². The number of anilines is 2. The molecule has 3 amide bonds. The fourth-order valence-corrected chi connectivity index (χ4v) is 2.42. The van der Waals surface area contributed by atoms with Crippen LogP contribution in [0.15, 0.2) is 66.9 Å². The van der Waals surface area contributed by atoms with Gasteiger partial charge in [0.05, 0.1) is 6.57 Å². The summed E-state index contributed by atoms with van der Waals surface area (Å²) in [6.07, 6.45) is 1.49. The van der Waals surface area contributed by atoms with E-state index >= 15 is 0 Å². The zero-order chi connectivity index (χ0) is 20.6. The number of hydrogen-bond acceptors (Lipinski definition) is 4. The van der Waals surface area contributed by atoms with Crippen LogP contribution in [0.5, 0.6) is 11.5 Å². The molecule has 0 unspecified atom stereocenters. The van der Waals surface area contributed by atoms with Gasteiger partial charge in [0.25, 0.3) is 5.91 Å². The predicted molar refractivity (Wildman–Crippen MR) is 109 cm³/mol. The van der Waals surface area contributed by atoms with E-state index < -0.39 is 6.03 Å². The molecule has 3 N–H and O–H groups in total. The van der Waals surface area contributed by atoms with Crippen LogP contribution >= 0.6 is 0 Å². The van der Waals surface area contributed by atoms with Crippen LogP contribution in [0.2, 0.25) is 0 Å². The number of carbonyl (C=O) groups excluding carboxylic acids is 2. The van der Waals surface area contributed by atoms with Gasteiger partial charge in [0.1, 0.15) is 17.2 Å². The van der Waals surface area contributed by atoms with Crippen molar-refractivity contribution in [2.24, 2.45) is 0 Å². The second kappa shape index (κ2) is 9.01.